The van der Waals surface area contributed by atoms with Gasteiger partial charge >= 0.3 is 0 Å². The Morgan fingerprint density at radius 2 is 1.82 bits per heavy atom. The van der Waals surface area contributed by atoms with Crippen molar-refractivity contribution in [2.45, 2.75) is 6.42 Å². The fraction of sp³-hybridized carbons (Fsp3) is 0.211. The minimum Gasteiger partial charge on any atom is -0.624 e. The van der Waals surface area contributed by atoms with Gasteiger partial charge in [-0.05, 0) is 29.8 Å². The van der Waals surface area contributed by atoms with Crippen molar-refractivity contribution in [3.8, 4) is 5.75 Å². The maximum absolute atomic E-state index is 12.2. The number of nitrogens with zero attached hydrogens (tertiary/aromatic N) is 1. The monoisotopic (exact) mass is 293 g/mol. The highest BCUT2D eigenvalue weighted by Gasteiger charge is 2.27. The molecule has 0 N–H and O–H groups in total. The first-order valence-corrected chi connectivity index (χ1v) is 7.44. The van der Waals surface area contributed by atoms with Crippen LogP contribution in [0.3, 0.4) is 0 Å². The molecule has 3 nitrogen and oxygen atoms in total. The quantitative estimate of drug-likeness (QED) is 0.636. The van der Waals surface area contributed by atoms with Crippen LogP contribution in [0.25, 0.3) is 6.08 Å². The molecule has 1 heterocycles. The molecule has 0 aliphatic carbocycles. The Labute approximate surface area is 130 Å². The smallest absolute Gasteiger partial charge is 0.195 e. The molecule has 3 rings (SSSR count). The number of hydroxylamine groups is 1. The van der Waals surface area contributed by atoms with Gasteiger partial charge in [-0.1, -0.05) is 42.5 Å². The molecule has 0 spiro atoms. The summed E-state index contributed by atoms with van der Waals surface area (Å²) in [6, 6.07) is 17.8. The Kier molecular flexibility index (Phi) is 4.24. The van der Waals surface area contributed by atoms with Crippen LogP contribution >= 0.6 is 0 Å². The van der Waals surface area contributed by atoms with Gasteiger partial charge in [-0.2, -0.15) is 0 Å². The molecule has 0 unspecified atom stereocenters. The molecule has 1 aliphatic rings. The summed E-state index contributed by atoms with van der Waals surface area (Å²) in [5.74, 6) is 1.06. The normalized spacial score (nSPS) is 18.1. The standard InChI is InChI=1S/C19H19NO2/c1-22-18-11-9-17(10-12-18)19-13-16(14-20(19)21)8-7-15-5-3-2-4-6-15/h2-12,16H,13-14H2,1H3/b8-7+/t16-/m0/s1. The minimum atomic E-state index is 0.259. The van der Waals surface area contributed by atoms with Crippen molar-refractivity contribution in [3.05, 3.63) is 77.0 Å². The fourth-order valence-corrected chi connectivity index (χ4v) is 2.72. The van der Waals surface area contributed by atoms with Crippen molar-refractivity contribution >= 4 is 11.8 Å². The number of rotatable bonds is 4. The van der Waals surface area contributed by atoms with Crippen molar-refractivity contribution in [3.63, 3.8) is 0 Å². The Balaban J connectivity index is 1.70. The molecular formula is C19H19NO2. The lowest BCUT2D eigenvalue weighted by molar-refractivity contribution is -0.452. The van der Waals surface area contributed by atoms with Crippen LogP contribution in [0.1, 0.15) is 17.5 Å². The van der Waals surface area contributed by atoms with Crippen LogP contribution in [0.15, 0.2) is 60.7 Å². The zero-order chi connectivity index (χ0) is 15.4. The highest BCUT2D eigenvalue weighted by atomic mass is 16.5. The number of ether oxygens (including phenoxy) is 1. The summed E-state index contributed by atoms with van der Waals surface area (Å²) in [6.07, 6.45) is 5.01. The summed E-state index contributed by atoms with van der Waals surface area (Å²) in [4.78, 5) is 0. The summed E-state index contributed by atoms with van der Waals surface area (Å²) >= 11 is 0. The number of hydrogen-bond acceptors (Lipinski definition) is 2. The zero-order valence-corrected chi connectivity index (χ0v) is 12.6. The lowest BCUT2D eigenvalue weighted by atomic mass is 10.00. The van der Waals surface area contributed by atoms with Crippen molar-refractivity contribution in [1.29, 1.82) is 0 Å². The summed E-state index contributed by atoms with van der Waals surface area (Å²) in [5, 5.41) is 12.2. The van der Waals surface area contributed by atoms with E-state index in [1.54, 1.807) is 7.11 Å². The predicted octanol–water partition coefficient (Wildman–Crippen LogP) is 3.73. The molecule has 0 bridgehead atoms. The maximum atomic E-state index is 12.2. The van der Waals surface area contributed by atoms with E-state index < -0.39 is 0 Å². The predicted molar refractivity (Wildman–Crippen MR) is 89.2 cm³/mol. The Bertz CT molecular complexity index is 687. The zero-order valence-electron chi connectivity index (χ0n) is 12.6. The van der Waals surface area contributed by atoms with E-state index in [1.807, 2.05) is 42.5 Å². The van der Waals surface area contributed by atoms with E-state index in [9.17, 15) is 5.21 Å². The third-order valence-corrected chi connectivity index (χ3v) is 3.94. The van der Waals surface area contributed by atoms with Crippen molar-refractivity contribution < 1.29 is 9.48 Å². The second-order valence-corrected chi connectivity index (χ2v) is 5.47. The number of benzene rings is 2. The molecule has 0 saturated heterocycles. The van der Waals surface area contributed by atoms with Crippen molar-refractivity contribution in [2.24, 2.45) is 5.92 Å². The summed E-state index contributed by atoms with van der Waals surface area (Å²) in [6.45, 7) is 0.519. The van der Waals surface area contributed by atoms with E-state index >= 15 is 0 Å². The van der Waals surface area contributed by atoms with Gasteiger partial charge in [0.1, 0.15) is 5.75 Å². The van der Waals surface area contributed by atoms with Crippen LogP contribution in [0, 0.1) is 11.1 Å². The van der Waals surface area contributed by atoms with E-state index in [1.165, 1.54) is 0 Å². The summed E-state index contributed by atoms with van der Waals surface area (Å²) < 4.78 is 6.27. The third-order valence-electron chi connectivity index (χ3n) is 3.94. The molecule has 0 amide bonds. The Morgan fingerprint density at radius 1 is 1.09 bits per heavy atom. The fourth-order valence-electron chi connectivity index (χ4n) is 2.72. The number of hydrogen-bond donors (Lipinski definition) is 0. The van der Waals surface area contributed by atoms with Gasteiger partial charge in [0.15, 0.2) is 12.3 Å². The summed E-state index contributed by atoms with van der Waals surface area (Å²) in [5.41, 5.74) is 3.00. The highest BCUT2D eigenvalue weighted by Crippen LogP contribution is 2.22. The summed E-state index contributed by atoms with van der Waals surface area (Å²) in [7, 11) is 1.64. The molecule has 2 aromatic carbocycles. The Morgan fingerprint density at radius 3 is 2.50 bits per heavy atom. The minimum absolute atomic E-state index is 0.259. The molecular weight excluding hydrogens is 274 g/mol. The van der Waals surface area contributed by atoms with Crippen LogP contribution in [0.5, 0.6) is 5.75 Å². The molecule has 2 aromatic rings. The van der Waals surface area contributed by atoms with Gasteiger partial charge in [-0.3, -0.25) is 0 Å². The molecule has 0 aromatic heterocycles. The van der Waals surface area contributed by atoms with E-state index in [-0.39, 0.29) is 5.92 Å². The SMILES string of the molecule is COc1ccc(C2=[N+]([O-])C[C@@H](/C=C/c3ccccc3)C2)cc1. The topological polar surface area (TPSA) is 35.3 Å². The van der Waals surface area contributed by atoms with E-state index in [4.69, 9.17) is 4.74 Å². The molecule has 22 heavy (non-hydrogen) atoms. The van der Waals surface area contributed by atoms with Gasteiger partial charge in [0.2, 0.25) is 0 Å². The van der Waals surface area contributed by atoms with Crippen LogP contribution < -0.4 is 4.74 Å². The lowest BCUT2D eigenvalue weighted by Crippen LogP contribution is -2.09. The lowest BCUT2D eigenvalue weighted by Gasteiger charge is -2.03. The molecule has 3 heteroatoms. The van der Waals surface area contributed by atoms with Crippen LogP contribution in [-0.4, -0.2) is 24.1 Å². The van der Waals surface area contributed by atoms with Crippen molar-refractivity contribution in [1.82, 2.24) is 0 Å². The van der Waals surface area contributed by atoms with Gasteiger partial charge in [0, 0.05) is 17.9 Å². The average molecular weight is 293 g/mol. The van der Waals surface area contributed by atoms with E-state index in [2.05, 4.69) is 24.3 Å². The van der Waals surface area contributed by atoms with E-state index in [0.29, 0.717) is 6.54 Å². The van der Waals surface area contributed by atoms with Gasteiger partial charge in [-0.25, -0.2) is 4.74 Å². The first kappa shape index (κ1) is 14.4. The molecule has 1 atom stereocenters. The average Bonchev–Trinajstić information content (AvgIpc) is 2.95. The Hall–Kier alpha value is -2.55. The second kappa shape index (κ2) is 6.48. The molecule has 0 radical (unpaired) electrons. The first-order chi connectivity index (χ1) is 10.8. The molecule has 112 valence electrons. The molecule has 0 saturated carbocycles. The van der Waals surface area contributed by atoms with Crippen LogP contribution in [0.4, 0.5) is 0 Å². The molecule has 1 aliphatic heterocycles. The maximum Gasteiger partial charge on any atom is 0.195 e. The second-order valence-electron chi connectivity index (χ2n) is 5.47. The van der Waals surface area contributed by atoms with E-state index in [0.717, 1.165) is 33.7 Å². The first-order valence-electron chi connectivity index (χ1n) is 7.44. The van der Waals surface area contributed by atoms with Crippen LogP contribution in [0.2, 0.25) is 0 Å². The molecule has 0 fully saturated rings. The highest BCUT2D eigenvalue weighted by molar-refractivity contribution is 5.98. The van der Waals surface area contributed by atoms with Crippen LogP contribution in [-0.2, 0) is 0 Å². The number of methoxy groups -OCH3 is 1. The van der Waals surface area contributed by atoms with Gasteiger partial charge in [0.25, 0.3) is 0 Å². The van der Waals surface area contributed by atoms with Crippen molar-refractivity contribution in [2.75, 3.05) is 13.7 Å². The van der Waals surface area contributed by atoms with Gasteiger partial charge in [0.05, 0.1) is 7.11 Å². The van der Waals surface area contributed by atoms with Gasteiger partial charge < -0.3 is 9.94 Å². The van der Waals surface area contributed by atoms with Gasteiger partial charge in [-0.15, -0.1) is 0 Å². The third kappa shape index (κ3) is 3.19. The largest absolute Gasteiger partial charge is 0.624 e.